The number of hydrogen-bond donors (Lipinski definition) is 0. The number of fused-ring (bicyclic) bond motifs is 3. The summed E-state index contributed by atoms with van der Waals surface area (Å²) in [7, 11) is 2.08. The SMILES string of the molecule is C=C1Sc2ccc3ccccc3c2N1C. The second-order valence-corrected chi connectivity index (χ2v) is 4.80. The molecule has 0 N–H and O–H groups in total. The van der Waals surface area contributed by atoms with Crippen LogP contribution in [0.3, 0.4) is 0 Å². The number of nitrogens with zero attached hydrogens (tertiary/aromatic N) is 1. The summed E-state index contributed by atoms with van der Waals surface area (Å²) in [4.78, 5) is 3.48. The lowest BCUT2D eigenvalue weighted by molar-refractivity contribution is 1.20. The van der Waals surface area contributed by atoms with E-state index >= 15 is 0 Å². The lowest BCUT2D eigenvalue weighted by Gasteiger charge is -2.14. The van der Waals surface area contributed by atoms with Crippen LogP contribution in [0.15, 0.2) is 52.9 Å². The molecular weight excluding hydrogens is 202 g/mol. The summed E-state index contributed by atoms with van der Waals surface area (Å²) in [5, 5.41) is 3.70. The molecule has 1 heterocycles. The van der Waals surface area contributed by atoms with Gasteiger partial charge in [-0.25, -0.2) is 0 Å². The van der Waals surface area contributed by atoms with E-state index in [0.717, 1.165) is 5.03 Å². The maximum atomic E-state index is 4.05. The predicted octanol–water partition coefficient (Wildman–Crippen LogP) is 3.85. The Morgan fingerprint density at radius 2 is 1.93 bits per heavy atom. The molecule has 0 amide bonds. The van der Waals surface area contributed by atoms with Crippen molar-refractivity contribution in [1.29, 1.82) is 0 Å². The molecule has 0 aliphatic carbocycles. The Hall–Kier alpha value is -1.41. The van der Waals surface area contributed by atoms with E-state index in [1.54, 1.807) is 11.8 Å². The smallest absolute Gasteiger partial charge is 0.0725 e. The van der Waals surface area contributed by atoms with Crippen molar-refractivity contribution in [3.05, 3.63) is 48.0 Å². The van der Waals surface area contributed by atoms with Gasteiger partial charge in [0.05, 0.1) is 10.7 Å². The fourth-order valence-electron chi connectivity index (χ4n) is 1.98. The molecule has 0 fully saturated rings. The van der Waals surface area contributed by atoms with Gasteiger partial charge < -0.3 is 4.90 Å². The molecule has 74 valence electrons. The van der Waals surface area contributed by atoms with Gasteiger partial charge in [-0.3, -0.25) is 0 Å². The summed E-state index contributed by atoms with van der Waals surface area (Å²) in [6.45, 7) is 4.05. The molecular formula is C13H11NS. The van der Waals surface area contributed by atoms with E-state index in [2.05, 4.69) is 54.9 Å². The maximum absolute atomic E-state index is 4.05. The molecule has 2 aromatic rings. The summed E-state index contributed by atoms with van der Waals surface area (Å²) in [5.41, 5.74) is 1.29. The fraction of sp³-hybridized carbons (Fsp3) is 0.0769. The summed E-state index contributed by atoms with van der Waals surface area (Å²) in [5.74, 6) is 0. The van der Waals surface area contributed by atoms with E-state index in [9.17, 15) is 0 Å². The van der Waals surface area contributed by atoms with Crippen LogP contribution in [0.4, 0.5) is 5.69 Å². The van der Waals surface area contributed by atoms with E-state index in [4.69, 9.17) is 0 Å². The normalized spacial score (nSPS) is 14.7. The highest BCUT2D eigenvalue weighted by Gasteiger charge is 2.22. The lowest BCUT2D eigenvalue weighted by Crippen LogP contribution is -2.08. The second kappa shape index (κ2) is 3.04. The zero-order valence-corrected chi connectivity index (χ0v) is 9.34. The van der Waals surface area contributed by atoms with Crippen LogP contribution in [0.2, 0.25) is 0 Å². The molecule has 0 saturated carbocycles. The highest BCUT2D eigenvalue weighted by atomic mass is 32.2. The predicted molar refractivity (Wildman–Crippen MR) is 67.3 cm³/mol. The molecule has 0 atom stereocenters. The molecule has 0 unspecified atom stereocenters. The fourth-order valence-corrected chi connectivity index (χ4v) is 2.95. The van der Waals surface area contributed by atoms with Gasteiger partial charge in [-0.2, -0.15) is 0 Å². The average Bonchev–Trinajstić information content (AvgIpc) is 2.55. The summed E-state index contributed by atoms with van der Waals surface area (Å²) < 4.78 is 0. The maximum Gasteiger partial charge on any atom is 0.0725 e. The first-order valence-corrected chi connectivity index (χ1v) is 5.71. The van der Waals surface area contributed by atoms with E-state index in [-0.39, 0.29) is 0 Å². The quantitative estimate of drug-likeness (QED) is 0.654. The van der Waals surface area contributed by atoms with Gasteiger partial charge in [0, 0.05) is 17.3 Å². The molecule has 0 aromatic heterocycles. The Kier molecular flexibility index (Phi) is 1.80. The summed E-state index contributed by atoms with van der Waals surface area (Å²) >= 11 is 1.75. The molecule has 0 saturated heterocycles. The van der Waals surface area contributed by atoms with Crippen molar-refractivity contribution in [2.24, 2.45) is 0 Å². The minimum Gasteiger partial charge on any atom is -0.338 e. The second-order valence-electron chi connectivity index (χ2n) is 3.69. The number of anilines is 1. The number of benzene rings is 2. The van der Waals surface area contributed by atoms with Gasteiger partial charge in [-0.05, 0) is 11.5 Å². The molecule has 0 spiro atoms. The molecule has 0 bridgehead atoms. The third kappa shape index (κ3) is 1.18. The van der Waals surface area contributed by atoms with Crippen molar-refractivity contribution in [2.45, 2.75) is 4.90 Å². The molecule has 1 aliphatic rings. The van der Waals surface area contributed by atoms with Crippen molar-refractivity contribution in [3.63, 3.8) is 0 Å². The Morgan fingerprint density at radius 1 is 1.13 bits per heavy atom. The highest BCUT2D eigenvalue weighted by Crippen LogP contribution is 2.47. The van der Waals surface area contributed by atoms with Crippen molar-refractivity contribution in [3.8, 4) is 0 Å². The highest BCUT2D eigenvalue weighted by molar-refractivity contribution is 8.03. The average molecular weight is 213 g/mol. The van der Waals surface area contributed by atoms with Crippen LogP contribution in [0, 0.1) is 0 Å². The molecule has 2 heteroatoms. The van der Waals surface area contributed by atoms with Crippen LogP contribution in [-0.2, 0) is 0 Å². The van der Waals surface area contributed by atoms with Crippen molar-refractivity contribution >= 4 is 28.2 Å². The molecule has 15 heavy (non-hydrogen) atoms. The van der Waals surface area contributed by atoms with Crippen LogP contribution in [0.25, 0.3) is 10.8 Å². The molecule has 0 radical (unpaired) electrons. The van der Waals surface area contributed by atoms with E-state index < -0.39 is 0 Å². The topological polar surface area (TPSA) is 3.24 Å². The largest absolute Gasteiger partial charge is 0.338 e. The van der Waals surface area contributed by atoms with Crippen molar-refractivity contribution in [2.75, 3.05) is 11.9 Å². The molecule has 1 aliphatic heterocycles. The molecule has 2 aromatic carbocycles. The first-order valence-electron chi connectivity index (χ1n) is 4.89. The standard InChI is InChI=1S/C13H11NS/c1-9-14(2)13-11-6-4-3-5-10(11)7-8-12(13)15-9/h3-8H,1H2,2H3. The third-order valence-corrected chi connectivity index (χ3v) is 3.86. The van der Waals surface area contributed by atoms with Gasteiger partial charge in [-0.1, -0.05) is 48.7 Å². The van der Waals surface area contributed by atoms with Gasteiger partial charge in [0.2, 0.25) is 0 Å². The lowest BCUT2D eigenvalue weighted by atomic mass is 10.1. The van der Waals surface area contributed by atoms with E-state index in [1.807, 2.05) is 0 Å². The van der Waals surface area contributed by atoms with Crippen LogP contribution >= 0.6 is 11.8 Å². The van der Waals surface area contributed by atoms with Gasteiger partial charge in [-0.15, -0.1) is 0 Å². The Balaban J connectivity index is 2.40. The van der Waals surface area contributed by atoms with Crippen LogP contribution < -0.4 is 4.90 Å². The monoisotopic (exact) mass is 213 g/mol. The van der Waals surface area contributed by atoms with Crippen LogP contribution in [-0.4, -0.2) is 7.05 Å². The van der Waals surface area contributed by atoms with Gasteiger partial charge in [0.15, 0.2) is 0 Å². The summed E-state index contributed by atoms with van der Waals surface area (Å²) in [6, 6.07) is 12.8. The van der Waals surface area contributed by atoms with E-state index in [1.165, 1.54) is 21.4 Å². The zero-order valence-electron chi connectivity index (χ0n) is 8.53. The van der Waals surface area contributed by atoms with Crippen LogP contribution in [0.1, 0.15) is 0 Å². The first kappa shape index (κ1) is 8.86. The van der Waals surface area contributed by atoms with E-state index in [0.29, 0.717) is 0 Å². The Labute approximate surface area is 93.4 Å². The third-order valence-electron chi connectivity index (χ3n) is 2.80. The Morgan fingerprint density at radius 3 is 2.80 bits per heavy atom. The molecule has 1 nitrogen and oxygen atoms in total. The zero-order chi connectivity index (χ0) is 10.4. The Bertz CT molecular complexity index is 559. The van der Waals surface area contributed by atoms with Gasteiger partial charge >= 0.3 is 0 Å². The van der Waals surface area contributed by atoms with Crippen molar-refractivity contribution < 1.29 is 0 Å². The number of rotatable bonds is 0. The number of hydrogen-bond acceptors (Lipinski definition) is 2. The van der Waals surface area contributed by atoms with Gasteiger partial charge in [0.1, 0.15) is 0 Å². The minimum absolute atomic E-state index is 1.10. The minimum atomic E-state index is 1.10. The van der Waals surface area contributed by atoms with Crippen LogP contribution in [0.5, 0.6) is 0 Å². The first-order chi connectivity index (χ1) is 7.27. The molecule has 3 rings (SSSR count). The number of thioether (sulfide) groups is 1. The van der Waals surface area contributed by atoms with Gasteiger partial charge in [0.25, 0.3) is 0 Å². The van der Waals surface area contributed by atoms with Crippen molar-refractivity contribution in [1.82, 2.24) is 0 Å². The summed E-state index contributed by atoms with van der Waals surface area (Å²) in [6.07, 6.45) is 0.